The highest BCUT2D eigenvalue weighted by atomic mass is 16.1. The van der Waals surface area contributed by atoms with Crippen molar-refractivity contribution < 1.29 is 4.79 Å². The van der Waals surface area contributed by atoms with Crippen LogP contribution in [0.4, 0.5) is 0 Å². The van der Waals surface area contributed by atoms with E-state index in [0.29, 0.717) is 5.78 Å². The van der Waals surface area contributed by atoms with Crippen molar-refractivity contribution >= 4 is 5.78 Å². The topological polar surface area (TPSA) is 30.0 Å². The standard InChI is InChI=1S/C10H16O.C5H5N/c1-7-5-10(3,4)6-9(11)8(7)2;1-2-4-6-5-3-1/h5-6H2,1-4H3;1-5H. The summed E-state index contributed by atoms with van der Waals surface area (Å²) >= 11 is 0. The van der Waals surface area contributed by atoms with Crippen molar-refractivity contribution in [3.63, 3.8) is 0 Å². The van der Waals surface area contributed by atoms with Gasteiger partial charge in [0, 0.05) is 18.8 Å². The number of aromatic nitrogens is 1. The molecule has 1 aromatic rings. The van der Waals surface area contributed by atoms with E-state index in [0.717, 1.165) is 18.4 Å². The Kier molecular flexibility index (Phi) is 4.62. The number of rotatable bonds is 0. The number of hydrogen-bond acceptors (Lipinski definition) is 2. The van der Waals surface area contributed by atoms with Crippen molar-refractivity contribution in [1.29, 1.82) is 0 Å². The molecule has 0 amide bonds. The monoisotopic (exact) mass is 231 g/mol. The zero-order valence-electron chi connectivity index (χ0n) is 11.2. The Balaban J connectivity index is 0.000000202. The van der Waals surface area contributed by atoms with Crippen molar-refractivity contribution in [2.45, 2.75) is 40.5 Å². The molecule has 17 heavy (non-hydrogen) atoms. The lowest BCUT2D eigenvalue weighted by Crippen LogP contribution is -2.23. The summed E-state index contributed by atoms with van der Waals surface area (Å²) in [6, 6.07) is 5.72. The summed E-state index contributed by atoms with van der Waals surface area (Å²) in [5.41, 5.74) is 2.45. The Morgan fingerprint density at radius 2 is 1.65 bits per heavy atom. The van der Waals surface area contributed by atoms with Crippen molar-refractivity contribution in [2.24, 2.45) is 5.41 Å². The first-order valence-corrected chi connectivity index (χ1v) is 5.97. The highest BCUT2D eigenvalue weighted by molar-refractivity contribution is 5.96. The summed E-state index contributed by atoms with van der Waals surface area (Å²) in [7, 11) is 0. The minimum absolute atomic E-state index is 0.195. The van der Waals surface area contributed by atoms with Gasteiger partial charge in [0.2, 0.25) is 0 Å². The minimum Gasteiger partial charge on any atom is -0.295 e. The van der Waals surface area contributed by atoms with Gasteiger partial charge < -0.3 is 0 Å². The molecule has 0 bridgehead atoms. The molecule has 0 N–H and O–H groups in total. The van der Waals surface area contributed by atoms with Gasteiger partial charge in [0.1, 0.15) is 0 Å². The Morgan fingerprint density at radius 3 is 2.00 bits per heavy atom. The molecule has 1 aromatic heterocycles. The molecule has 1 aliphatic rings. The van der Waals surface area contributed by atoms with Gasteiger partial charge in [-0.25, -0.2) is 0 Å². The second-order valence-corrected chi connectivity index (χ2v) is 5.37. The highest BCUT2D eigenvalue weighted by Gasteiger charge is 2.28. The van der Waals surface area contributed by atoms with Crippen LogP contribution in [0.15, 0.2) is 41.7 Å². The molecule has 2 nitrogen and oxygen atoms in total. The number of ketones is 1. The normalized spacial score (nSPS) is 18.5. The van der Waals surface area contributed by atoms with Crippen molar-refractivity contribution in [3.8, 4) is 0 Å². The van der Waals surface area contributed by atoms with E-state index in [1.807, 2.05) is 25.1 Å². The lowest BCUT2D eigenvalue weighted by atomic mass is 9.74. The lowest BCUT2D eigenvalue weighted by molar-refractivity contribution is -0.118. The average molecular weight is 231 g/mol. The molecular formula is C15H21NO. The molecular weight excluding hydrogens is 210 g/mol. The molecule has 2 rings (SSSR count). The SMILES string of the molecule is CC1=C(C)C(=O)CC(C)(C)C1.c1ccncc1. The third-order valence-electron chi connectivity index (χ3n) is 3.01. The maximum Gasteiger partial charge on any atom is 0.159 e. The van der Waals surface area contributed by atoms with Gasteiger partial charge >= 0.3 is 0 Å². The summed E-state index contributed by atoms with van der Waals surface area (Å²) < 4.78 is 0. The second-order valence-electron chi connectivity index (χ2n) is 5.37. The molecule has 0 unspecified atom stereocenters. The van der Waals surface area contributed by atoms with Crippen LogP contribution >= 0.6 is 0 Å². The highest BCUT2D eigenvalue weighted by Crippen LogP contribution is 2.36. The van der Waals surface area contributed by atoms with Gasteiger partial charge in [0.25, 0.3) is 0 Å². The van der Waals surface area contributed by atoms with Crippen LogP contribution in [-0.2, 0) is 4.79 Å². The van der Waals surface area contributed by atoms with Gasteiger partial charge in [-0.1, -0.05) is 25.5 Å². The summed E-state index contributed by atoms with van der Waals surface area (Å²) in [6.45, 7) is 8.31. The molecule has 0 radical (unpaired) electrons. The third kappa shape index (κ3) is 4.51. The fourth-order valence-electron chi connectivity index (χ4n) is 2.03. The van der Waals surface area contributed by atoms with Gasteiger partial charge in [-0.15, -0.1) is 0 Å². The van der Waals surface area contributed by atoms with Gasteiger partial charge in [-0.2, -0.15) is 0 Å². The maximum absolute atomic E-state index is 11.4. The maximum atomic E-state index is 11.4. The first-order chi connectivity index (χ1) is 7.92. The summed E-state index contributed by atoms with van der Waals surface area (Å²) in [5.74, 6) is 0.332. The predicted molar refractivity (Wildman–Crippen MR) is 70.6 cm³/mol. The Bertz CT molecular complexity index is 377. The van der Waals surface area contributed by atoms with E-state index in [-0.39, 0.29) is 5.41 Å². The number of hydrogen-bond donors (Lipinski definition) is 0. The van der Waals surface area contributed by atoms with Crippen LogP contribution in [0.2, 0.25) is 0 Å². The fraction of sp³-hybridized carbons (Fsp3) is 0.467. The molecule has 1 heterocycles. The molecule has 0 atom stereocenters. The molecule has 0 saturated heterocycles. The molecule has 0 fully saturated rings. The second kappa shape index (κ2) is 5.76. The molecule has 0 saturated carbocycles. The van der Waals surface area contributed by atoms with Crippen LogP contribution in [0.1, 0.15) is 40.5 Å². The van der Waals surface area contributed by atoms with E-state index < -0.39 is 0 Å². The van der Waals surface area contributed by atoms with E-state index in [9.17, 15) is 4.79 Å². The van der Waals surface area contributed by atoms with E-state index in [4.69, 9.17) is 0 Å². The molecule has 0 aliphatic heterocycles. The van der Waals surface area contributed by atoms with Crippen molar-refractivity contribution in [1.82, 2.24) is 4.98 Å². The van der Waals surface area contributed by atoms with Crippen molar-refractivity contribution in [2.75, 3.05) is 0 Å². The molecule has 1 aliphatic carbocycles. The number of allylic oxidation sites excluding steroid dienone is 2. The summed E-state index contributed by atoms with van der Waals surface area (Å²) in [6.07, 6.45) is 5.29. The fourth-order valence-corrected chi connectivity index (χ4v) is 2.03. The molecule has 2 heteroatoms. The quantitative estimate of drug-likeness (QED) is 0.680. The van der Waals surface area contributed by atoms with Crippen LogP contribution in [0, 0.1) is 5.41 Å². The number of Topliss-reactive ketones (excluding diaryl/α,β-unsaturated/α-hetero) is 1. The van der Waals surface area contributed by atoms with E-state index in [1.54, 1.807) is 12.4 Å². The Morgan fingerprint density at radius 1 is 1.06 bits per heavy atom. The van der Waals surface area contributed by atoms with Crippen LogP contribution < -0.4 is 0 Å². The van der Waals surface area contributed by atoms with Crippen molar-refractivity contribution in [3.05, 3.63) is 41.7 Å². The molecule has 0 spiro atoms. The first kappa shape index (κ1) is 13.6. The van der Waals surface area contributed by atoms with Gasteiger partial charge in [0.05, 0.1) is 0 Å². The van der Waals surface area contributed by atoms with Gasteiger partial charge in [-0.3, -0.25) is 9.78 Å². The van der Waals surface area contributed by atoms with E-state index >= 15 is 0 Å². The van der Waals surface area contributed by atoms with E-state index in [1.165, 1.54) is 5.57 Å². The van der Waals surface area contributed by atoms with Crippen LogP contribution in [0.5, 0.6) is 0 Å². The zero-order valence-corrected chi connectivity index (χ0v) is 11.2. The van der Waals surface area contributed by atoms with Crippen LogP contribution in [-0.4, -0.2) is 10.8 Å². The molecule has 0 aromatic carbocycles. The predicted octanol–water partition coefficient (Wildman–Crippen LogP) is 3.79. The van der Waals surface area contributed by atoms with E-state index in [2.05, 4.69) is 25.8 Å². The summed E-state index contributed by atoms with van der Waals surface area (Å²) in [4.78, 5) is 15.1. The number of carbonyl (C=O) groups is 1. The third-order valence-corrected chi connectivity index (χ3v) is 3.01. The first-order valence-electron chi connectivity index (χ1n) is 5.97. The zero-order chi connectivity index (χ0) is 12.9. The molecule has 92 valence electrons. The van der Waals surface area contributed by atoms with Crippen LogP contribution in [0.3, 0.4) is 0 Å². The number of nitrogens with zero attached hydrogens (tertiary/aromatic N) is 1. The minimum atomic E-state index is 0.195. The lowest BCUT2D eigenvalue weighted by Gasteiger charge is -2.29. The van der Waals surface area contributed by atoms with Gasteiger partial charge in [-0.05, 0) is 43.4 Å². The van der Waals surface area contributed by atoms with Gasteiger partial charge in [0.15, 0.2) is 5.78 Å². The smallest absolute Gasteiger partial charge is 0.159 e. The number of pyridine rings is 1. The average Bonchev–Trinajstić information content (AvgIpc) is 2.28. The van der Waals surface area contributed by atoms with Crippen LogP contribution in [0.25, 0.3) is 0 Å². The Labute approximate surface area is 104 Å². The largest absolute Gasteiger partial charge is 0.295 e. The summed E-state index contributed by atoms with van der Waals surface area (Å²) in [5, 5.41) is 0. The number of carbonyl (C=O) groups excluding carboxylic acids is 1. The Hall–Kier alpha value is -1.44.